The number of hydrogen-bond acceptors (Lipinski definition) is 8. The van der Waals surface area contributed by atoms with Crippen molar-refractivity contribution in [1.82, 2.24) is 36.8 Å². The zero-order chi connectivity index (χ0) is 42.8. The minimum atomic E-state index is -1.34. The van der Waals surface area contributed by atoms with Crippen molar-refractivity contribution in [2.45, 2.75) is 115 Å². The van der Waals surface area contributed by atoms with Crippen LogP contribution in [0.2, 0.25) is 0 Å². The first-order valence-corrected chi connectivity index (χ1v) is 20.1. The molecule has 1 saturated heterocycles. The third-order valence-corrected chi connectivity index (χ3v) is 10.5. The summed E-state index contributed by atoms with van der Waals surface area (Å²) in [4.78, 5) is 95.9. The van der Waals surface area contributed by atoms with Crippen molar-refractivity contribution in [3.8, 4) is 0 Å². The lowest BCUT2D eigenvalue weighted by Crippen LogP contribution is -2.61. The second-order valence-electron chi connectivity index (χ2n) is 15.2. The van der Waals surface area contributed by atoms with Gasteiger partial charge in [-0.25, -0.2) is 9.59 Å². The van der Waals surface area contributed by atoms with Crippen LogP contribution in [-0.2, 0) is 41.6 Å². The Kier molecular flexibility index (Phi) is 19.1. The standard InChI is InChI=1S/C42H61N7O9/c1-6-27(4)35(41(56)57)48-42(58)46-30-19-13-14-24-43-36(51)32(25-50)45-38(53)33(23-21-29-17-11-8-12-18-29)49(5)40(55)31(22-20-28-15-9-7-10-16-28)44-39(54)34(26(2)3)47-37(30)52/h7-12,15-18,26-27,30-35,50H,6,13-14,19-25H2,1-5H3,(H,43,51)(H,44,54)(H,45,53)(H,47,52)(H,56,57)(H2,46,48,58)/t27-,30+,31+,32-,33+,34+,35-/m1/s1. The molecule has 0 aliphatic carbocycles. The number of carboxylic acid groups (broad SMARTS) is 1. The Morgan fingerprint density at radius 3 is 1.93 bits per heavy atom. The maximum absolute atomic E-state index is 14.5. The van der Waals surface area contributed by atoms with Crippen LogP contribution in [0, 0.1) is 11.8 Å². The van der Waals surface area contributed by atoms with Crippen LogP contribution in [0.5, 0.6) is 0 Å². The summed E-state index contributed by atoms with van der Waals surface area (Å²) in [7, 11) is 1.45. The largest absolute Gasteiger partial charge is 0.480 e. The van der Waals surface area contributed by atoms with Gasteiger partial charge in [0.2, 0.25) is 29.5 Å². The quantitative estimate of drug-likeness (QED) is 0.147. The van der Waals surface area contributed by atoms with E-state index in [1.54, 1.807) is 27.7 Å². The molecule has 0 spiro atoms. The van der Waals surface area contributed by atoms with E-state index in [1.165, 1.54) is 11.9 Å². The zero-order valence-electron chi connectivity index (χ0n) is 34.2. The van der Waals surface area contributed by atoms with Crippen LogP contribution in [0.15, 0.2) is 60.7 Å². The van der Waals surface area contributed by atoms with Crippen molar-refractivity contribution < 1.29 is 43.8 Å². The molecule has 7 atom stereocenters. The number of aliphatic hydroxyl groups is 1. The van der Waals surface area contributed by atoms with Crippen molar-refractivity contribution >= 4 is 41.5 Å². The van der Waals surface area contributed by atoms with Crippen LogP contribution in [-0.4, -0.2) is 113 Å². The fraction of sp³-hybridized carbons (Fsp3) is 0.548. The molecule has 58 heavy (non-hydrogen) atoms. The van der Waals surface area contributed by atoms with Gasteiger partial charge in [0, 0.05) is 13.6 Å². The first-order valence-electron chi connectivity index (χ1n) is 20.1. The zero-order valence-corrected chi connectivity index (χ0v) is 34.2. The minimum Gasteiger partial charge on any atom is -0.480 e. The van der Waals surface area contributed by atoms with Gasteiger partial charge in [0.15, 0.2) is 0 Å². The topological polar surface area (TPSA) is 235 Å². The predicted octanol–water partition coefficient (Wildman–Crippen LogP) is 1.65. The van der Waals surface area contributed by atoms with Gasteiger partial charge >= 0.3 is 12.0 Å². The molecule has 0 unspecified atom stereocenters. The van der Waals surface area contributed by atoms with Gasteiger partial charge in [-0.05, 0) is 67.9 Å². The number of nitrogens with one attached hydrogen (secondary N) is 6. The molecule has 1 aliphatic heterocycles. The number of likely N-dealkylation sites (N-methyl/N-ethyl adjacent to an activating group) is 1. The van der Waals surface area contributed by atoms with E-state index in [-0.39, 0.29) is 25.8 Å². The summed E-state index contributed by atoms with van der Waals surface area (Å²) in [5.41, 5.74) is 1.81. The Bertz CT molecular complexity index is 1680. The van der Waals surface area contributed by atoms with Gasteiger partial charge in [-0.15, -0.1) is 0 Å². The van der Waals surface area contributed by atoms with E-state index in [0.717, 1.165) is 11.1 Å². The second kappa shape index (κ2) is 23.7. The molecule has 0 bridgehead atoms. The summed E-state index contributed by atoms with van der Waals surface area (Å²) in [6.45, 7) is 6.28. The molecule has 16 heteroatoms. The number of amides is 7. The third kappa shape index (κ3) is 14.5. The summed E-state index contributed by atoms with van der Waals surface area (Å²) < 4.78 is 0. The molecular formula is C42H61N7O9. The molecule has 2 aromatic carbocycles. The van der Waals surface area contributed by atoms with E-state index in [9.17, 15) is 43.8 Å². The summed E-state index contributed by atoms with van der Waals surface area (Å²) in [6.07, 6.45) is 2.22. The number of urea groups is 1. The van der Waals surface area contributed by atoms with Crippen LogP contribution in [0.4, 0.5) is 4.79 Å². The van der Waals surface area contributed by atoms with Gasteiger partial charge in [-0.1, -0.05) is 94.8 Å². The van der Waals surface area contributed by atoms with Gasteiger partial charge in [-0.3, -0.25) is 24.0 Å². The van der Waals surface area contributed by atoms with Crippen LogP contribution in [0.25, 0.3) is 0 Å². The number of nitrogens with zero attached hydrogens (tertiary/aromatic N) is 1. The lowest BCUT2D eigenvalue weighted by Gasteiger charge is -2.33. The summed E-state index contributed by atoms with van der Waals surface area (Å²) in [6, 6.07) is 10.6. The molecule has 16 nitrogen and oxygen atoms in total. The highest BCUT2D eigenvalue weighted by Crippen LogP contribution is 2.16. The number of carbonyl (C=O) groups excluding carboxylic acids is 6. The maximum atomic E-state index is 14.5. The van der Waals surface area contributed by atoms with Gasteiger partial charge < -0.3 is 47.0 Å². The molecule has 2 aromatic rings. The van der Waals surface area contributed by atoms with Crippen molar-refractivity contribution in [2.75, 3.05) is 20.2 Å². The highest BCUT2D eigenvalue weighted by atomic mass is 16.4. The lowest BCUT2D eigenvalue weighted by molar-refractivity contribution is -0.143. The first kappa shape index (κ1) is 46.9. The van der Waals surface area contributed by atoms with E-state index in [4.69, 9.17) is 0 Å². The van der Waals surface area contributed by atoms with Crippen LogP contribution in [0.1, 0.15) is 77.3 Å². The highest BCUT2D eigenvalue weighted by molar-refractivity contribution is 5.96. The van der Waals surface area contributed by atoms with Gasteiger partial charge in [0.05, 0.1) is 6.61 Å². The summed E-state index contributed by atoms with van der Waals surface area (Å²) in [5.74, 6) is -5.39. The number of carboxylic acids is 1. The van der Waals surface area contributed by atoms with Crippen molar-refractivity contribution in [2.24, 2.45) is 11.8 Å². The molecular weight excluding hydrogens is 747 g/mol. The molecule has 0 aromatic heterocycles. The van der Waals surface area contributed by atoms with Gasteiger partial charge in [0.1, 0.15) is 36.3 Å². The summed E-state index contributed by atoms with van der Waals surface area (Å²) in [5, 5.41) is 35.8. The second-order valence-corrected chi connectivity index (χ2v) is 15.2. The molecule has 1 fully saturated rings. The van der Waals surface area contributed by atoms with Crippen molar-refractivity contribution in [3.05, 3.63) is 71.8 Å². The SMILES string of the molecule is CC[C@@H](C)[C@@H](NC(=O)N[C@H]1CCCCNC(=O)[C@@H](CO)NC(=O)[C@H](CCc2ccccc2)N(C)C(=O)[C@H](CCc2ccccc2)NC(=O)[C@H](C(C)C)NC1=O)C(=O)O. The fourth-order valence-electron chi connectivity index (χ4n) is 6.67. The number of hydrogen-bond donors (Lipinski definition) is 8. The average molecular weight is 808 g/mol. The van der Waals surface area contributed by atoms with E-state index in [1.807, 2.05) is 60.7 Å². The number of aliphatic hydroxyl groups excluding tert-OH is 1. The molecule has 318 valence electrons. The van der Waals surface area contributed by atoms with E-state index in [0.29, 0.717) is 32.1 Å². The molecule has 3 rings (SSSR count). The number of aliphatic carboxylic acids is 1. The Morgan fingerprint density at radius 2 is 1.38 bits per heavy atom. The van der Waals surface area contributed by atoms with Crippen LogP contribution >= 0.6 is 0 Å². The number of benzene rings is 2. The molecule has 0 saturated carbocycles. The Hall–Kier alpha value is -5.51. The van der Waals surface area contributed by atoms with E-state index >= 15 is 0 Å². The molecule has 1 aliphatic rings. The average Bonchev–Trinajstić information content (AvgIpc) is 3.21. The first-order chi connectivity index (χ1) is 27.7. The molecule has 7 amide bonds. The fourth-order valence-corrected chi connectivity index (χ4v) is 6.67. The molecule has 1 heterocycles. The number of carbonyl (C=O) groups is 7. The maximum Gasteiger partial charge on any atom is 0.326 e. The van der Waals surface area contributed by atoms with E-state index < -0.39 is 96.2 Å². The lowest BCUT2D eigenvalue weighted by atomic mass is 9.98. The molecule has 8 N–H and O–H groups in total. The number of rotatable bonds is 13. The van der Waals surface area contributed by atoms with Crippen molar-refractivity contribution in [3.63, 3.8) is 0 Å². The third-order valence-electron chi connectivity index (χ3n) is 10.5. The normalized spacial score (nSPS) is 22.8. The smallest absolute Gasteiger partial charge is 0.326 e. The van der Waals surface area contributed by atoms with Crippen LogP contribution in [0.3, 0.4) is 0 Å². The number of aryl methyl sites for hydroxylation is 2. The Labute approximate surface area is 340 Å². The summed E-state index contributed by atoms with van der Waals surface area (Å²) >= 11 is 0. The predicted molar refractivity (Wildman–Crippen MR) is 217 cm³/mol. The van der Waals surface area contributed by atoms with E-state index in [2.05, 4.69) is 31.9 Å². The van der Waals surface area contributed by atoms with Crippen LogP contribution < -0.4 is 31.9 Å². The van der Waals surface area contributed by atoms with Gasteiger partial charge in [-0.2, -0.15) is 0 Å². The molecule has 0 radical (unpaired) electrons. The highest BCUT2D eigenvalue weighted by Gasteiger charge is 2.36. The Morgan fingerprint density at radius 1 is 0.793 bits per heavy atom. The minimum absolute atomic E-state index is 0.0505. The Balaban J connectivity index is 2.00. The van der Waals surface area contributed by atoms with Gasteiger partial charge in [0.25, 0.3) is 0 Å². The monoisotopic (exact) mass is 807 g/mol. The van der Waals surface area contributed by atoms with Crippen molar-refractivity contribution in [1.29, 1.82) is 0 Å².